The normalized spacial score (nSPS) is 14.7. The molecule has 0 bridgehead atoms. The van der Waals surface area contributed by atoms with Crippen molar-refractivity contribution in [1.82, 2.24) is 24.6 Å². The van der Waals surface area contributed by atoms with Crippen LogP contribution in [0.25, 0.3) is 11.5 Å². The third kappa shape index (κ3) is 5.77. The zero-order valence-electron chi connectivity index (χ0n) is 21.0. The Hall–Kier alpha value is -3.64. The molecule has 186 valence electrons. The van der Waals surface area contributed by atoms with E-state index in [0.29, 0.717) is 12.1 Å². The van der Waals surface area contributed by atoms with Gasteiger partial charge in [-0.15, -0.1) is 0 Å². The summed E-state index contributed by atoms with van der Waals surface area (Å²) in [5, 5.41) is 7.68. The molecule has 3 heterocycles. The highest BCUT2D eigenvalue weighted by molar-refractivity contribution is 5.97. The average molecular weight is 482 g/mol. The molecule has 0 unspecified atom stereocenters. The fraction of sp³-hybridized carbons (Fsp3) is 0.333. The molecule has 0 saturated carbocycles. The van der Waals surface area contributed by atoms with E-state index in [2.05, 4.69) is 64.7 Å². The molecule has 1 saturated heterocycles. The van der Waals surface area contributed by atoms with Gasteiger partial charge in [0, 0.05) is 18.9 Å². The number of rotatable bonds is 9. The molecule has 1 aliphatic heterocycles. The molecule has 6 heteroatoms. The van der Waals surface area contributed by atoms with Crippen LogP contribution in [-0.4, -0.2) is 51.3 Å². The first-order chi connectivity index (χ1) is 17.7. The largest absolute Gasteiger partial charge is 0.352 e. The van der Waals surface area contributed by atoms with Gasteiger partial charge in [-0.1, -0.05) is 48.0 Å². The SMILES string of the molecule is Cc1ccc(-n2ncc(C(=O)NCCCN3CCC(Cc4ccccc4)CC3)c2-n2cccc2)cc1. The van der Waals surface area contributed by atoms with E-state index in [1.165, 1.54) is 30.4 Å². The first-order valence-corrected chi connectivity index (χ1v) is 13.0. The Kier molecular flexibility index (Phi) is 7.62. The lowest BCUT2D eigenvalue weighted by atomic mass is 9.90. The van der Waals surface area contributed by atoms with E-state index in [1.54, 1.807) is 6.20 Å². The Balaban J connectivity index is 1.13. The Labute approximate surface area is 213 Å². The third-order valence-electron chi connectivity index (χ3n) is 7.13. The van der Waals surface area contributed by atoms with Gasteiger partial charge in [0.25, 0.3) is 5.91 Å². The maximum Gasteiger partial charge on any atom is 0.256 e. The average Bonchev–Trinajstić information content (AvgIpc) is 3.59. The maximum atomic E-state index is 13.1. The minimum absolute atomic E-state index is 0.0846. The number of hydrogen-bond acceptors (Lipinski definition) is 3. The van der Waals surface area contributed by atoms with E-state index in [-0.39, 0.29) is 5.91 Å². The van der Waals surface area contributed by atoms with Crippen LogP contribution >= 0.6 is 0 Å². The number of aryl methyl sites for hydroxylation is 1. The van der Waals surface area contributed by atoms with Gasteiger partial charge in [-0.2, -0.15) is 5.10 Å². The minimum atomic E-state index is -0.0846. The van der Waals surface area contributed by atoms with Crippen LogP contribution in [0.3, 0.4) is 0 Å². The van der Waals surface area contributed by atoms with Crippen molar-refractivity contribution in [2.45, 2.75) is 32.6 Å². The van der Waals surface area contributed by atoms with Crippen molar-refractivity contribution < 1.29 is 4.79 Å². The molecule has 1 N–H and O–H groups in total. The van der Waals surface area contributed by atoms with E-state index in [4.69, 9.17) is 0 Å². The smallest absolute Gasteiger partial charge is 0.256 e. The summed E-state index contributed by atoms with van der Waals surface area (Å²) >= 11 is 0. The molecule has 36 heavy (non-hydrogen) atoms. The van der Waals surface area contributed by atoms with Gasteiger partial charge in [0.15, 0.2) is 5.82 Å². The Morgan fingerprint density at radius 1 is 0.972 bits per heavy atom. The van der Waals surface area contributed by atoms with E-state index in [9.17, 15) is 4.79 Å². The first-order valence-electron chi connectivity index (χ1n) is 13.0. The number of piperidine rings is 1. The van der Waals surface area contributed by atoms with Crippen LogP contribution in [0.2, 0.25) is 0 Å². The molecule has 1 amide bonds. The number of carbonyl (C=O) groups is 1. The molecule has 2 aromatic heterocycles. The third-order valence-corrected chi connectivity index (χ3v) is 7.13. The molecule has 0 aliphatic carbocycles. The molecule has 6 nitrogen and oxygen atoms in total. The predicted molar refractivity (Wildman–Crippen MR) is 144 cm³/mol. The minimum Gasteiger partial charge on any atom is -0.352 e. The van der Waals surface area contributed by atoms with Crippen LogP contribution in [0, 0.1) is 12.8 Å². The van der Waals surface area contributed by atoms with Gasteiger partial charge < -0.3 is 14.8 Å². The summed E-state index contributed by atoms with van der Waals surface area (Å²) in [4.78, 5) is 15.7. The molecule has 0 atom stereocenters. The van der Waals surface area contributed by atoms with Crippen molar-refractivity contribution >= 4 is 5.91 Å². The fourth-order valence-corrected chi connectivity index (χ4v) is 5.06. The second kappa shape index (κ2) is 11.4. The lowest BCUT2D eigenvalue weighted by Crippen LogP contribution is -2.36. The van der Waals surface area contributed by atoms with Crippen LogP contribution in [0.4, 0.5) is 0 Å². The van der Waals surface area contributed by atoms with Crippen molar-refractivity contribution in [2.75, 3.05) is 26.2 Å². The maximum absolute atomic E-state index is 13.1. The summed E-state index contributed by atoms with van der Waals surface area (Å²) in [7, 11) is 0. The van der Waals surface area contributed by atoms with Gasteiger partial charge >= 0.3 is 0 Å². The topological polar surface area (TPSA) is 55.1 Å². The van der Waals surface area contributed by atoms with E-state index < -0.39 is 0 Å². The summed E-state index contributed by atoms with van der Waals surface area (Å²) in [6.07, 6.45) is 10.2. The molecular weight excluding hydrogens is 446 g/mol. The predicted octanol–water partition coefficient (Wildman–Crippen LogP) is 5.05. The van der Waals surface area contributed by atoms with Crippen LogP contribution in [0.1, 0.15) is 40.7 Å². The van der Waals surface area contributed by atoms with Gasteiger partial charge in [0.05, 0.1) is 11.9 Å². The van der Waals surface area contributed by atoms with Crippen molar-refractivity contribution in [3.05, 3.63) is 102 Å². The highest BCUT2D eigenvalue weighted by Crippen LogP contribution is 2.22. The zero-order chi connectivity index (χ0) is 24.7. The lowest BCUT2D eigenvalue weighted by Gasteiger charge is -2.32. The molecule has 2 aromatic carbocycles. The second-order valence-electron chi connectivity index (χ2n) is 9.80. The number of benzene rings is 2. The molecule has 5 rings (SSSR count). The van der Waals surface area contributed by atoms with Crippen molar-refractivity contribution in [3.63, 3.8) is 0 Å². The summed E-state index contributed by atoms with van der Waals surface area (Å²) in [5.41, 5.74) is 4.14. The summed E-state index contributed by atoms with van der Waals surface area (Å²) in [5.74, 6) is 1.45. The van der Waals surface area contributed by atoms with Crippen molar-refractivity contribution in [2.24, 2.45) is 5.92 Å². The molecule has 4 aromatic rings. The number of hydrogen-bond donors (Lipinski definition) is 1. The van der Waals surface area contributed by atoms with Gasteiger partial charge in [-0.05, 0) is 88.0 Å². The van der Waals surface area contributed by atoms with Crippen molar-refractivity contribution in [3.8, 4) is 11.5 Å². The van der Waals surface area contributed by atoms with Crippen molar-refractivity contribution in [1.29, 1.82) is 0 Å². The zero-order valence-corrected chi connectivity index (χ0v) is 21.0. The quantitative estimate of drug-likeness (QED) is 0.341. The fourth-order valence-electron chi connectivity index (χ4n) is 5.06. The monoisotopic (exact) mass is 481 g/mol. The Morgan fingerprint density at radius 3 is 2.42 bits per heavy atom. The summed E-state index contributed by atoms with van der Waals surface area (Å²) < 4.78 is 3.77. The molecule has 1 fully saturated rings. The number of carbonyl (C=O) groups excluding carboxylic acids is 1. The Bertz CT molecular complexity index is 1240. The number of aromatic nitrogens is 3. The number of nitrogens with zero attached hydrogens (tertiary/aromatic N) is 4. The highest BCUT2D eigenvalue weighted by atomic mass is 16.1. The lowest BCUT2D eigenvalue weighted by molar-refractivity contribution is 0.0950. The van der Waals surface area contributed by atoms with Crippen LogP contribution in [0.5, 0.6) is 0 Å². The highest BCUT2D eigenvalue weighted by Gasteiger charge is 2.21. The van der Waals surface area contributed by atoms with Gasteiger partial charge in [0.2, 0.25) is 0 Å². The van der Waals surface area contributed by atoms with Gasteiger partial charge in [-0.3, -0.25) is 4.79 Å². The summed E-state index contributed by atoms with van der Waals surface area (Å²) in [6.45, 7) is 6.03. The summed E-state index contributed by atoms with van der Waals surface area (Å²) in [6, 6.07) is 22.9. The number of amides is 1. The van der Waals surface area contributed by atoms with E-state index in [1.807, 2.05) is 45.9 Å². The van der Waals surface area contributed by atoms with Crippen LogP contribution in [0.15, 0.2) is 85.3 Å². The Morgan fingerprint density at radius 2 is 1.69 bits per heavy atom. The molecule has 0 radical (unpaired) electrons. The molecular formula is C30H35N5O. The van der Waals surface area contributed by atoms with E-state index >= 15 is 0 Å². The standard InChI is InChI=1S/C30H35N5O/c1-24-10-12-27(13-11-24)35-30(34-18-5-6-19-34)28(23-32-35)29(36)31-16-7-17-33-20-14-26(15-21-33)22-25-8-3-2-4-9-25/h2-6,8-13,18-19,23,26H,7,14-17,20-22H2,1H3,(H,31,36). The van der Waals surface area contributed by atoms with Crippen LogP contribution in [-0.2, 0) is 6.42 Å². The van der Waals surface area contributed by atoms with Gasteiger partial charge in [-0.25, -0.2) is 4.68 Å². The molecule has 0 spiro atoms. The van der Waals surface area contributed by atoms with E-state index in [0.717, 1.165) is 43.5 Å². The van der Waals surface area contributed by atoms with Crippen LogP contribution < -0.4 is 5.32 Å². The van der Waals surface area contributed by atoms with Gasteiger partial charge in [0.1, 0.15) is 5.56 Å². The number of likely N-dealkylation sites (tertiary alicyclic amines) is 1. The first kappa shape index (κ1) is 24.1. The number of nitrogens with one attached hydrogen (secondary N) is 1. The molecule has 1 aliphatic rings. The second-order valence-corrected chi connectivity index (χ2v) is 9.80.